The first-order valence-electron chi connectivity index (χ1n) is 7.35. The van der Waals surface area contributed by atoms with E-state index in [9.17, 15) is 0 Å². The maximum absolute atomic E-state index is 6.21. The van der Waals surface area contributed by atoms with E-state index in [4.69, 9.17) is 21.1 Å². The highest BCUT2D eigenvalue weighted by Crippen LogP contribution is 2.40. The normalized spacial score (nSPS) is 23.9. The molecule has 1 unspecified atom stereocenters. The Morgan fingerprint density at radius 2 is 2.20 bits per heavy atom. The second-order valence-electron chi connectivity index (χ2n) is 6.65. The van der Waals surface area contributed by atoms with Crippen LogP contribution in [0.25, 0.3) is 0 Å². The van der Waals surface area contributed by atoms with Gasteiger partial charge in [0.15, 0.2) is 11.5 Å². The molecule has 1 N–H and O–H groups in total. The highest BCUT2D eigenvalue weighted by atomic mass is 35.5. The summed E-state index contributed by atoms with van der Waals surface area (Å²) in [4.78, 5) is 0. The summed E-state index contributed by atoms with van der Waals surface area (Å²) in [5.74, 6) is 1.44. The maximum atomic E-state index is 6.21. The molecule has 1 aliphatic heterocycles. The number of hydrogen-bond donors (Lipinski definition) is 1. The average molecular weight is 296 g/mol. The zero-order chi connectivity index (χ0) is 14.2. The van der Waals surface area contributed by atoms with Crippen molar-refractivity contribution in [3.05, 3.63) is 22.7 Å². The van der Waals surface area contributed by atoms with Gasteiger partial charge in [-0.05, 0) is 42.4 Å². The molecular formula is C16H22ClNO2. The van der Waals surface area contributed by atoms with Crippen molar-refractivity contribution < 1.29 is 9.47 Å². The molecular weight excluding hydrogens is 274 g/mol. The van der Waals surface area contributed by atoms with E-state index in [-0.39, 0.29) is 6.79 Å². The van der Waals surface area contributed by atoms with Crippen molar-refractivity contribution in [3.8, 4) is 11.5 Å². The van der Waals surface area contributed by atoms with Gasteiger partial charge in [0.2, 0.25) is 6.79 Å². The molecule has 1 heterocycles. The summed E-state index contributed by atoms with van der Waals surface area (Å²) >= 11 is 6.21. The Morgan fingerprint density at radius 3 is 3.00 bits per heavy atom. The second-order valence-corrected chi connectivity index (χ2v) is 7.06. The Morgan fingerprint density at radius 1 is 1.35 bits per heavy atom. The van der Waals surface area contributed by atoms with Gasteiger partial charge in [0.05, 0.1) is 5.02 Å². The van der Waals surface area contributed by atoms with Gasteiger partial charge >= 0.3 is 0 Å². The predicted octanol–water partition coefficient (Wildman–Crippen LogP) is 4.13. The molecule has 0 amide bonds. The van der Waals surface area contributed by atoms with Crippen LogP contribution in [-0.2, 0) is 6.54 Å². The third kappa shape index (κ3) is 3.04. The van der Waals surface area contributed by atoms with Gasteiger partial charge in [-0.15, -0.1) is 0 Å². The van der Waals surface area contributed by atoms with E-state index < -0.39 is 0 Å². The van der Waals surface area contributed by atoms with Crippen LogP contribution < -0.4 is 14.8 Å². The molecule has 0 saturated heterocycles. The quantitative estimate of drug-likeness (QED) is 0.909. The van der Waals surface area contributed by atoms with Gasteiger partial charge in [-0.25, -0.2) is 0 Å². The molecule has 0 radical (unpaired) electrons. The van der Waals surface area contributed by atoms with Gasteiger partial charge < -0.3 is 14.8 Å². The van der Waals surface area contributed by atoms with Gasteiger partial charge in [-0.3, -0.25) is 0 Å². The number of nitrogens with one attached hydrogen (secondary N) is 1. The molecule has 1 saturated carbocycles. The molecule has 3 nitrogen and oxygen atoms in total. The summed E-state index contributed by atoms with van der Waals surface area (Å²) in [6, 6.07) is 4.59. The standard InChI is InChI=1S/C16H22ClNO2/c1-16(2)5-3-4-12(8-16)18-9-11-6-13(17)15-14(7-11)19-10-20-15/h6-7,12,18H,3-5,8-10H2,1-2H3. The number of halogens is 1. The molecule has 1 aliphatic carbocycles. The maximum Gasteiger partial charge on any atom is 0.231 e. The second kappa shape index (κ2) is 5.45. The molecule has 4 heteroatoms. The Bertz CT molecular complexity index is 501. The van der Waals surface area contributed by atoms with Gasteiger partial charge in [0, 0.05) is 12.6 Å². The minimum absolute atomic E-state index is 0.267. The van der Waals surface area contributed by atoms with E-state index in [0.29, 0.717) is 22.2 Å². The Balaban J connectivity index is 1.63. The highest BCUT2D eigenvalue weighted by molar-refractivity contribution is 6.32. The van der Waals surface area contributed by atoms with E-state index >= 15 is 0 Å². The fourth-order valence-electron chi connectivity index (χ4n) is 3.26. The van der Waals surface area contributed by atoms with E-state index in [2.05, 4.69) is 19.2 Å². The summed E-state index contributed by atoms with van der Waals surface area (Å²) in [6.45, 7) is 5.82. The smallest absolute Gasteiger partial charge is 0.231 e. The molecule has 0 bridgehead atoms. The van der Waals surface area contributed by atoms with Gasteiger partial charge in [-0.2, -0.15) is 0 Å². The molecule has 1 aromatic carbocycles. The fraction of sp³-hybridized carbons (Fsp3) is 0.625. The molecule has 110 valence electrons. The van der Waals surface area contributed by atoms with E-state index in [1.54, 1.807) is 0 Å². The lowest BCUT2D eigenvalue weighted by molar-refractivity contribution is 0.174. The van der Waals surface area contributed by atoms with Crippen molar-refractivity contribution in [2.45, 2.75) is 52.1 Å². The lowest BCUT2D eigenvalue weighted by atomic mass is 9.75. The lowest BCUT2D eigenvalue weighted by Crippen LogP contribution is -2.36. The summed E-state index contributed by atoms with van der Waals surface area (Å²) in [7, 11) is 0. The van der Waals surface area contributed by atoms with Crippen LogP contribution in [0.15, 0.2) is 12.1 Å². The van der Waals surface area contributed by atoms with Crippen LogP contribution >= 0.6 is 11.6 Å². The van der Waals surface area contributed by atoms with Crippen LogP contribution in [0.5, 0.6) is 11.5 Å². The number of rotatable bonds is 3. The van der Waals surface area contributed by atoms with Gasteiger partial charge in [-0.1, -0.05) is 31.9 Å². The summed E-state index contributed by atoms with van der Waals surface area (Å²) in [5.41, 5.74) is 1.62. The summed E-state index contributed by atoms with van der Waals surface area (Å²) in [6.07, 6.45) is 5.15. The topological polar surface area (TPSA) is 30.5 Å². The molecule has 1 atom stereocenters. The molecule has 3 rings (SSSR count). The minimum Gasteiger partial charge on any atom is -0.454 e. The first kappa shape index (κ1) is 14.0. The number of ether oxygens (including phenoxy) is 2. The first-order valence-corrected chi connectivity index (χ1v) is 7.73. The Labute approximate surface area is 125 Å². The van der Waals surface area contributed by atoms with E-state index in [0.717, 1.165) is 17.9 Å². The van der Waals surface area contributed by atoms with Crippen molar-refractivity contribution in [1.82, 2.24) is 5.32 Å². The third-order valence-corrected chi connectivity index (χ3v) is 4.57. The predicted molar refractivity (Wildman–Crippen MR) is 80.5 cm³/mol. The van der Waals surface area contributed by atoms with Crippen LogP contribution in [0.4, 0.5) is 0 Å². The fourth-order valence-corrected chi connectivity index (χ4v) is 3.55. The zero-order valence-corrected chi connectivity index (χ0v) is 12.9. The average Bonchev–Trinajstić information content (AvgIpc) is 2.84. The largest absolute Gasteiger partial charge is 0.454 e. The zero-order valence-electron chi connectivity index (χ0n) is 12.2. The molecule has 2 aliphatic rings. The SMILES string of the molecule is CC1(C)CCCC(NCc2cc(Cl)c3c(c2)OCO3)C1. The van der Waals surface area contributed by atoms with E-state index in [1.807, 2.05) is 12.1 Å². The van der Waals surface area contributed by atoms with Crippen LogP contribution in [0.3, 0.4) is 0 Å². The molecule has 1 aromatic rings. The number of benzene rings is 1. The molecule has 0 spiro atoms. The molecule has 20 heavy (non-hydrogen) atoms. The van der Waals surface area contributed by atoms with Gasteiger partial charge in [0.25, 0.3) is 0 Å². The van der Waals surface area contributed by atoms with Gasteiger partial charge in [0.1, 0.15) is 0 Å². The first-order chi connectivity index (χ1) is 9.53. The van der Waals surface area contributed by atoms with Crippen molar-refractivity contribution in [3.63, 3.8) is 0 Å². The van der Waals surface area contributed by atoms with Crippen LogP contribution in [-0.4, -0.2) is 12.8 Å². The van der Waals surface area contributed by atoms with Crippen LogP contribution in [0, 0.1) is 5.41 Å². The molecule has 0 aromatic heterocycles. The summed E-state index contributed by atoms with van der Waals surface area (Å²) < 4.78 is 10.7. The van der Waals surface area contributed by atoms with E-state index in [1.165, 1.54) is 25.7 Å². The summed E-state index contributed by atoms with van der Waals surface area (Å²) in [5, 5.41) is 4.30. The minimum atomic E-state index is 0.267. The van der Waals surface area contributed by atoms with Crippen LogP contribution in [0.2, 0.25) is 5.02 Å². The monoisotopic (exact) mass is 295 g/mol. The van der Waals surface area contributed by atoms with Crippen molar-refractivity contribution in [2.75, 3.05) is 6.79 Å². The third-order valence-electron chi connectivity index (χ3n) is 4.29. The number of fused-ring (bicyclic) bond motifs is 1. The van der Waals surface area contributed by atoms with Crippen molar-refractivity contribution >= 4 is 11.6 Å². The number of hydrogen-bond acceptors (Lipinski definition) is 3. The highest BCUT2D eigenvalue weighted by Gasteiger charge is 2.27. The van der Waals surface area contributed by atoms with Crippen LogP contribution in [0.1, 0.15) is 45.1 Å². The molecule has 1 fully saturated rings. The van der Waals surface area contributed by atoms with Crippen molar-refractivity contribution in [1.29, 1.82) is 0 Å². The Kier molecular flexibility index (Phi) is 3.83. The Hall–Kier alpha value is -0.930. The van der Waals surface area contributed by atoms with Crippen molar-refractivity contribution in [2.24, 2.45) is 5.41 Å². The lowest BCUT2D eigenvalue weighted by Gasteiger charge is -2.35.